The molecule has 4 aromatic rings. The maximum Gasteiger partial charge on any atom is 0.246 e. The van der Waals surface area contributed by atoms with Gasteiger partial charge in [-0.3, -0.25) is 4.72 Å². The molecule has 0 spiro atoms. The van der Waals surface area contributed by atoms with E-state index in [0.717, 1.165) is 6.07 Å². The van der Waals surface area contributed by atoms with E-state index in [1.165, 1.54) is 37.8 Å². The second-order valence-corrected chi connectivity index (χ2v) is 13.0. The highest BCUT2D eigenvalue weighted by Gasteiger charge is 2.32. The molecule has 3 heterocycles. The molecular weight excluding hydrogens is 602 g/mol. The van der Waals surface area contributed by atoms with Gasteiger partial charge in [0.05, 0.1) is 22.7 Å². The first-order chi connectivity index (χ1) is 20.7. The molecule has 2 aromatic heterocycles. The number of benzene rings is 2. The van der Waals surface area contributed by atoms with E-state index in [0.29, 0.717) is 35.7 Å². The number of piperidine rings is 1. The van der Waals surface area contributed by atoms with Crippen LogP contribution in [0.15, 0.2) is 49.1 Å². The van der Waals surface area contributed by atoms with Crippen LogP contribution in [0.3, 0.4) is 0 Å². The van der Waals surface area contributed by atoms with Gasteiger partial charge < -0.3 is 15.4 Å². The van der Waals surface area contributed by atoms with Crippen LogP contribution < -0.4 is 20.1 Å². The molecule has 2 atom stereocenters. The van der Waals surface area contributed by atoms with Gasteiger partial charge in [-0.05, 0) is 44.5 Å². The second-order valence-electron chi connectivity index (χ2n) is 11.2. The zero-order valence-electron chi connectivity index (χ0n) is 24.2. The number of hydrogen-bond donors (Lipinski definition) is 3. The van der Waals surface area contributed by atoms with E-state index in [4.69, 9.17) is 4.74 Å². The summed E-state index contributed by atoms with van der Waals surface area (Å²) >= 11 is 0. The van der Waals surface area contributed by atoms with Crippen molar-refractivity contribution in [3.63, 3.8) is 0 Å². The third-order valence-electron chi connectivity index (χ3n) is 7.06. The summed E-state index contributed by atoms with van der Waals surface area (Å²) in [6.07, 6.45) is 3.66. The van der Waals surface area contributed by atoms with Crippen LogP contribution in [0.5, 0.6) is 11.6 Å². The number of fused-ring (bicyclic) bond motifs is 1. The van der Waals surface area contributed by atoms with Crippen LogP contribution in [0.2, 0.25) is 0 Å². The minimum Gasteiger partial charge on any atom is -0.437 e. The molecule has 15 heteroatoms. The first-order valence-corrected chi connectivity index (χ1v) is 15.4. The summed E-state index contributed by atoms with van der Waals surface area (Å²) in [4.78, 5) is 17.2. The number of ether oxygens (including phenoxy) is 1. The standard InChI is InChI=1S/C29H31F4N7O3S/c1-17-4-5-19-20(6-7-22(30)24(19)40-44(41,42)11-9-29(3,32)33)25(17)43-26-21(14-35-16-37-26)23-8-10-36-27(39-23)38-18-12-28(2,31)15-34-13-18/h4-8,10,14,16,18,34,40H,9,11-13,15H2,1-3H3,(H,36,38,39)/t18-,28-/m0/s1. The lowest BCUT2D eigenvalue weighted by Crippen LogP contribution is -2.50. The van der Waals surface area contributed by atoms with E-state index in [9.17, 15) is 26.0 Å². The van der Waals surface area contributed by atoms with Gasteiger partial charge in [0, 0.05) is 55.1 Å². The molecule has 1 aliphatic heterocycles. The van der Waals surface area contributed by atoms with Gasteiger partial charge in [0.1, 0.15) is 23.6 Å². The average Bonchev–Trinajstić information content (AvgIpc) is 2.94. The molecule has 1 saturated heterocycles. The highest BCUT2D eigenvalue weighted by molar-refractivity contribution is 7.92. The maximum absolute atomic E-state index is 14.9. The first-order valence-electron chi connectivity index (χ1n) is 13.8. The molecule has 1 aliphatic rings. The molecule has 0 aliphatic carbocycles. The Morgan fingerprint density at radius 1 is 1.16 bits per heavy atom. The summed E-state index contributed by atoms with van der Waals surface area (Å²) in [6, 6.07) is 7.01. The molecule has 10 nitrogen and oxygen atoms in total. The van der Waals surface area contributed by atoms with Gasteiger partial charge in [-0.15, -0.1) is 0 Å². The zero-order chi connectivity index (χ0) is 31.7. The number of hydrogen-bond acceptors (Lipinski definition) is 9. The van der Waals surface area contributed by atoms with Crippen LogP contribution in [-0.4, -0.2) is 64.8 Å². The molecule has 5 rings (SSSR count). The molecule has 2 aromatic carbocycles. The van der Waals surface area contributed by atoms with Crippen molar-refractivity contribution in [2.24, 2.45) is 0 Å². The number of rotatable bonds is 10. The number of anilines is 2. The lowest BCUT2D eigenvalue weighted by molar-refractivity contribution is 0.0189. The van der Waals surface area contributed by atoms with Crippen molar-refractivity contribution >= 4 is 32.4 Å². The van der Waals surface area contributed by atoms with Gasteiger partial charge in [0.2, 0.25) is 27.8 Å². The minimum atomic E-state index is -4.30. The molecule has 0 saturated carbocycles. The van der Waals surface area contributed by atoms with E-state index >= 15 is 0 Å². The van der Waals surface area contributed by atoms with Crippen molar-refractivity contribution in [2.45, 2.75) is 51.2 Å². The van der Waals surface area contributed by atoms with Crippen molar-refractivity contribution < 1.29 is 30.7 Å². The summed E-state index contributed by atoms with van der Waals surface area (Å²) in [5.74, 6) is -4.35. The SMILES string of the molecule is Cc1ccc2c(NS(=O)(=O)CCC(C)(F)F)c(F)ccc2c1Oc1ncncc1-c1ccnc(N[C@@H]2CNC[C@@](C)(F)C2)n1. The summed E-state index contributed by atoms with van der Waals surface area (Å²) in [7, 11) is -4.30. The number of sulfonamides is 1. The lowest BCUT2D eigenvalue weighted by atomic mass is 9.95. The number of nitrogens with zero attached hydrogens (tertiary/aromatic N) is 4. The van der Waals surface area contributed by atoms with Gasteiger partial charge in [0.25, 0.3) is 0 Å². The van der Waals surface area contributed by atoms with Crippen LogP contribution in [0.4, 0.5) is 29.2 Å². The van der Waals surface area contributed by atoms with Gasteiger partial charge in [0.15, 0.2) is 0 Å². The predicted octanol–water partition coefficient (Wildman–Crippen LogP) is 5.62. The van der Waals surface area contributed by atoms with E-state index in [2.05, 4.69) is 35.3 Å². The fraction of sp³-hybridized carbons (Fsp3) is 0.379. The average molecular weight is 634 g/mol. The summed E-state index contributed by atoms with van der Waals surface area (Å²) in [6.45, 7) is 4.70. The topological polar surface area (TPSA) is 131 Å². The molecule has 234 valence electrons. The number of nitrogens with one attached hydrogen (secondary N) is 3. The fourth-order valence-electron chi connectivity index (χ4n) is 4.92. The normalized spacial score (nSPS) is 19.1. The van der Waals surface area contributed by atoms with Gasteiger partial charge >= 0.3 is 0 Å². The third-order valence-corrected chi connectivity index (χ3v) is 8.32. The molecule has 0 unspecified atom stereocenters. The van der Waals surface area contributed by atoms with E-state index < -0.39 is 39.6 Å². The largest absolute Gasteiger partial charge is 0.437 e. The Morgan fingerprint density at radius 3 is 2.68 bits per heavy atom. The quantitative estimate of drug-likeness (QED) is 0.191. The van der Waals surface area contributed by atoms with Gasteiger partial charge in [-0.2, -0.15) is 0 Å². The molecule has 0 radical (unpaired) electrons. The van der Waals surface area contributed by atoms with Crippen LogP contribution >= 0.6 is 0 Å². The van der Waals surface area contributed by atoms with Crippen molar-refractivity contribution in [1.29, 1.82) is 0 Å². The smallest absolute Gasteiger partial charge is 0.246 e. The molecule has 0 bridgehead atoms. The van der Waals surface area contributed by atoms with E-state index in [-0.39, 0.29) is 47.7 Å². The Kier molecular flexibility index (Phi) is 8.62. The number of aromatic nitrogens is 4. The Balaban J connectivity index is 1.46. The molecule has 3 N–H and O–H groups in total. The highest BCUT2D eigenvalue weighted by Crippen LogP contribution is 2.39. The van der Waals surface area contributed by atoms with Crippen molar-refractivity contribution in [3.05, 3.63) is 60.4 Å². The molecular formula is C29H31F4N7O3S. The summed E-state index contributed by atoms with van der Waals surface area (Å²) < 4.78 is 89.6. The van der Waals surface area contributed by atoms with Crippen LogP contribution in [0.1, 0.15) is 32.3 Å². The van der Waals surface area contributed by atoms with Crippen LogP contribution in [-0.2, 0) is 10.0 Å². The van der Waals surface area contributed by atoms with Crippen molar-refractivity contribution in [2.75, 3.05) is 28.9 Å². The minimum absolute atomic E-state index is 0.104. The van der Waals surface area contributed by atoms with E-state index in [1.54, 1.807) is 19.1 Å². The number of aryl methyl sites for hydroxylation is 1. The van der Waals surface area contributed by atoms with Crippen LogP contribution in [0.25, 0.3) is 22.0 Å². The first kappa shape index (κ1) is 31.3. The summed E-state index contributed by atoms with van der Waals surface area (Å²) in [5.41, 5.74) is -0.324. The maximum atomic E-state index is 14.9. The Bertz CT molecular complexity index is 1790. The van der Waals surface area contributed by atoms with E-state index in [1.807, 2.05) is 0 Å². The third kappa shape index (κ3) is 7.50. The Morgan fingerprint density at radius 2 is 1.93 bits per heavy atom. The monoisotopic (exact) mass is 633 g/mol. The zero-order valence-corrected chi connectivity index (χ0v) is 25.0. The Hall–Kier alpha value is -4.11. The molecule has 44 heavy (non-hydrogen) atoms. The van der Waals surface area contributed by atoms with Crippen molar-refractivity contribution in [1.82, 2.24) is 25.3 Å². The summed E-state index contributed by atoms with van der Waals surface area (Å²) in [5, 5.41) is 6.71. The second kappa shape index (κ2) is 12.1. The molecule has 0 amide bonds. The molecule has 1 fully saturated rings. The van der Waals surface area contributed by atoms with Crippen molar-refractivity contribution in [3.8, 4) is 22.9 Å². The lowest BCUT2D eigenvalue weighted by Gasteiger charge is -2.33. The Labute approximate surface area is 251 Å². The number of halogens is 4. The van der Waals surface area contributed by atoms with Gasteiger partial charge in [-0.25, -0.2) is 45.9 Å². The predicted molar refractivity (Wildman–Crippen MR) is 159 cm³/mol. The highest BCUT2D eigenvalue weighted by atomic mass is 32.2. The fourth-order valence-corrected chi connectivity index (χ4v) is 6.17. The number of alkyl halides is 3. The van der Waals surface area contributed by atoms with Gasteiger partial charge in [-0.1, -0.05) is 12.1 Å². The van der Waals surface area contributed by atoms with Crippen LogP contribution in [0, 0.1) is 12.7 Å².